The fraction of sp³-hybridized carbons (Fsp3) is 0.417. The maximum Gasteiger partial charge on any atom is 0.418 e. The monoisotopic (exact) mass is 353 g/mol. The molecular formula is C12H15BrF3N3O. The number of amidine groups is 1. The van der Waals surface area contributed by atoms with Crippen LogP contribution in [0.1, 0.15) is 25.3 Å². The van der Waals surface area contributed by atoms with Crippen LogP contribution in [0, 0.1) is 0 Å². The molecule has 1 aromatic carbocycles. The van der Waals surface area contributed by atoms with Crippen LogP contribution in [-0.2, 0) is 6.18 Å². The summed E-state index contributed by atoms with van der Waals surface area (Å²) in [7, 11) is 0. The zero-order valence-corrected chi connectivity index (χ0v) is 12.3. The molecule has 0 fully saturated rings. The third-order valence-corrected chi connectivity index (χ3v) is 3.22. The smallest absolute Gasteiger partial charge is 0.409 e. The lowest BCUT2D eigenvalue weighted by atomic mass is 10.1. The van der Waals surface area contributed by atoms with Crippen LogP contribution in [0.4, 0.5) is 18.9 Å². The number of hydrogen-bond donors (Lipinski definition) is 3. The molecule has 8 heteroatoms. The molecule has 0 bridgehead atoms. The number of nitrogens with zero attached hydrogens (tertiary/aromatic N) is 1. The molecule has 20 heavy (non-hydrogen) atoms. The standard InChI is InChI=1S/C12H15BrF3N3O/c1-2-8(6-11(17)19-20)18-10-4-3-7(13)5-9(10)12(14,15)16/h3-5,8,18,20H,2,6H2,1H3,(H2,17,19). The van der Waals surface area contributed by atoms with Crippen molar-refractivity contribution in [1.82, 2.24) is 0 Å². The molecule has 0 saturated heterocycles. The molecule has 0 aliphatic heterocycles. The van der Waals surface area contributed by atoms with E-state index in [1.54, 1.807) is 6.92 Å². The van der Waals surface area contributed by atoms with Gasteiger partial charge in [-0.2, -0.15) is 13.2 Å². The second kappa shape index (κ2) is 6.83. The second-order valence-corrected chi connectivity index (χ2v) is 5.15. The topological polar surface area (TPSA) is 70.6 Å². The highest BCUT2D eigenvalue weighted by atomic mass is 79.9. The lowest BCUT2D eigenvalue weighted by Gasteiger charge is -2.21. The lowest BCUT2D eigenvalue weighted by Crippen LogP contribution is -2.27. The van der Waals surface area contributed by atoms with Crippen molar-refractivity contribution in [3.63, 3.8) is 0 Å². The number of benzene rings is 1. The van der Waals surface area contributed by atoms with Crippen LogP contribution < -0.4 is 11.1 Å². The zero-order valence-electron chi connectivity index (χ0n) is 10.7. The van der Waals surface area contributed by atoms with Gasteiger partial charge in [0.25, 0.3) is 0 Å². The molecule has 1 unspecified atom stereocenters. The number of halogens is 4. The van der Waals surface area contributed by atoms with E-state index in [1.165, 1.54) is 12.1 Å². The molecule has 1 atom stereocenters. The number of alkyl halides is 3. The Balaban J connectivity index is 3.01. The predicted octanol–water partition coefficient (Wildman–Crippen LogP) is 3.79. The average molecular weight is 354 g/mol. The van der Waals surface area contributed by atoms with Crippen LogP contribution in [0.5, 0.6) is 0 Å². The summed E-state index contributed by atoms with van der Waals surface area (Å²) in [6.45, 7) is 1.80. The summed E-state index contributed by atoms with van der Waals surface area (Å²) in [4.78, 5) is 0. The SMILES string of the molecule is CCC(CC(N)=NO)Nc1ccc(Br)cc1C(F)(F)F. The summed E-state index contributed by atoms with van der Waals surface area (Å²) in [5.74, 6) is -0.0324. The summed E-state index contributed by atoms with van der Waals surface area (Å²) >= 11 is 3.02. The van der Waals surface area contributed by atoms with Gasteiger partial charge in [0.15, 0.2) is 0 Å². The van der Waals surface area contributed by atoms with E-state index in [2.05, 4.69) is 26.4 Å². The first-order valence-electron chi connectivity index (χ1n) is 5.87. The van der Waals surface area contributed by atoms with Crippen molar-refractivity contribution in [3.8, 4) is 0 Å². The summed E-state index contributed by atoms with van der Waals surface area (Å²) < 4.78 is 39.2. The van der Waals surface area contributed by atoms with E-state index >= 15 is 0 Å². The molecule has 0 spiro atoms. The molecule has 1 aromatic rings. The minimum atomic E-state index is -4.46. The molecular weight excluding hydrogens is 339 g/mol. The number of rotatable bonds is 5. The molecule has 0 heterocycles. The van der Waals surface area contributed by atoms with Gasteiger partial charge in [-0.25, -0.2) is 0 Å². The van der Waals surface area contributed by atoms with E-state index in [-0.39, 0.29) is 24.0 Å². The molecule has 112 valence electrons. The first-order valence-corrected chi connectivity index (χ1v) is 6.67. The van der Waals surface area contributed by atoms with Crippen molar-refractivity contribution in [3.05, 3.63) is 28.2 Å². The van der Waals surface area contributed by atoms with Gasteiger partial charge in [0.2, 0.25) is 0 Å². The van der Waals surface area contributed by atoms with Crippen molar-refractivity contribution in [2.24, 2.45) is 10.9 Å². The van der Waals surface area contributed by atoms with Gasteiger partial charge < -0.3 is 16.3 Å². The minimum absolute atomic E-state index is 0.0294. The van der Waals surface area contributed by atoms with Gasteiger partial charge in [0, 0.05) is 22.6 Å². The van der Waals surface area contributed by atoms with E-state index in [0.717, 1.165) is 6.07 Å². The highest BCUT2D eigenvalue weighted by molar-refractivity contribution is 9.10. The van der Waals surface area contributed by atoms with Crippen molar-refractivity contribution in [1.29, 1.82) is 0 Å². The minimum Gasteiger partial charge on any atom is -0.409 e. The van der Waals surface area contributed by atoms with E-state index in [1.807, 2.05) is 0 Å². The number of hydrogen-bond acceptors (Lipinski definition) is 3. The van der Waals surface area contributed by atoms with E-state index in [9.17, 15) is 13.2 Å². The number of nitrogens with two attached hydrogens (primary N) is 1. The van der Waals surface area contributed by atoms with Gasteiger partial charge >= 0.3 is 6.18 Å². The van der Waals surface area contributed by atoms with Gasteiger partial charge in [-0.05, 0) is 24.6 Å². The van der Waals surface area contributed by atoms with Crippen molar-refractivity contribution in [2.45, 2.75) is 32.0 Å². The summed E-state index contributed by atoms with van der Waals surface area (Å²) in [5.41, 5.74) is 4.59. The highest BCUT2D eigenvalue weighted by Gasteiger charge is 2.34. The number of nitrogens with one attached hydrogen (secondary N) is 1. The Morgan fingerprint density at radius 1 is 1.50 bits per heavy atom. The van der Waals surface area contributed by atoms with Gasteiger partial charge in [-0.3, -0.25) is 0 Å². The van der Waals surface area contributed by atoms with Gasteiger partial charge in [-0.1, -0.05) is 28.0 Å². The first kappa shape index (κ1) is 16.6. The molecule has 0 aromatic heterocycles. The average Bonchev–Trinajstić information content (AvgIpc) is 2.38. The molecule has 0 amide bonds. The number of oxime groups is 1. The molecule has 0 saturated carbocycles. The fourth-order valence-electron chi connectivity index (χ4n) is 1.69. The summed E-state index contributed by atoms with van der Waals surface area (Å²) in [5, 5.41) is 14.1. The van der Waals surface area contributed by atoms with E-state index < -0.39 is 11.7 Å². The van der Waals surface area contributed by atoms with Crippen LogP contribution in [-0.4, -0.2) is 17.1 Å². The third kappa shape index (κ3) is 4.59. The van der Waals surface area contributed by atoms with Crippen LogP contribution >= 0.6 is 15.9 Å². The maximum absolute atomic E-state index is 13.0. The van der Waals surface area contributed by atoms with Crippen molar-refractivity contribution in [2.75, 3.05) is 5.32 Å². The van der Waals surface area contributed by atoms with E-state index in [0.29, 0.717) is 10.9 Å². The molecule has 4 N–H and O–H groups in total. The van der Waals surface area contributed by atoms with Gasteiger partial charge in [0.1, 0.15) is 5.84 Å². The van der Waals surface area contributed by atoms with Crippen LogP contribution in [0.25, 0.3) is 0 Å². The van der Waals surface area contributed by atoms with Crippen LogP contribution in [0.15, 0.2) is 27.8 Å². The second-order valence-electron chi connectivity index (χ2n) is 4.23. The Morgan fingerprint density at radius 3 is 2.65 bits per heavy atom. The molecule has 0 aliphatic rings. The Labute approximate surface area is 123 Å². The molecule has 0 radical (unpaired) electrons. The molecule has 0 aliphatic carbocycles. The Bertz CT molecular complexity index is 491. The fourth-order valence-corrected chi connectivity index (χ4v) is 2.05. The number of anilines is 1. The molecule has 1 rings (SSSR count). The third-order valence-electron chi connectivity index (χ3n) is 2.72. The summed E-state index contributed by atoms with van der Waals surface area (Å²) in [6.07, 6.45) is -3.77. The quantitative estimate of drug-likeness (QED) is 0.326. The van der Waals surface area contributed by atoms with Gasteiger partial charge in [0.05, 0.1) is 5.56 Å². The largest absolute Gasteiger partial charge is 0.418 e. The van der Waals surface area contributed by atoms with Crippen LogP contribution in [0.2, 0.25) is 0 Å². The van der Waals surface area contributed by atoms with Crippen LogP contribution in [0.3, 0.4) is 0 Å². The van der Waals surface area contributed by atoms with Gasteiger partial charge in [-0.15, -0.1) is 0 Å². The van der Waals surface area contributed by atoms with Crippen molar-refractivity contribution >= 4 is 27.5 Å². The predicted molar refractivity (Wildman–Crippen MR) is 74.9 cm³/mol. The first-order chi connectivity index (χ1) is 9.27. The van der Waals surface area contributed by atoms with Crippen molar-refractivity contribution < 1.29 is 18.4 Å². The highest BCUT2D eigenvalue weighted by Crippen LogP contribution is 2.37. The maximum atomic E-state index is 13.0. The van der Waals surface area contributed by atoms with E-state index in [4.69, 9.17) is 10.9 Å². The Morgan fingerprint density at radius 2 is 2.15 bits per heavy atom. The zero-order chi connectivity index (χ0) is 15.3. The molecule has 4 nitrogen and oxygen atoms in total. The summed E-state index contributed by atoms with van der Waals surface area (Å²) in [6, 6.07) is 3.53. The Hall–Kier alpha value is -1.44. The Kier molecular flexibility index (Phi) is 5.67. The normalized spacial score (nSPS) is 14.2. The lowest BCUT2D eigenvalue weighted by molar-refractivity contribution is -0.137.